The van der Waals surface area contributed by atoms with Gasteiger partial charge in [-0.15, -0.1) is 0 Å². The van der Waals surface area contributed by atoms with Gasteiger partial charge < -0.3 is 20.7 Å². The number of hydrogen-bond donors (Lipinski definition) is 2. The predicted octanol–water partition coefficient (Wildman–Crippen LogP) is 4.70. The molecular weight excluding hydrogens is 591 g/mol. The fraction of sp³-hybridized carbons (Fsp3) is 0.429. The van der Waals surface area contributed by atoms with Gasteiger partial charge in [-0.2, -0.15) is 9.97 Å². The van der Waals surface area contributed by atoms with Crippen molar-refractivity contribution in [2.24, 2.45) is 0 Å². The minimum absolute atomic E-state index is 0.000553. The number of nitrogens with one attached hydrogen (secondary N) is 1. The lowest BCUT2D eigenvalue weighted by Gasteiger charge is -2.31. The van der Waals surface area contributed by atoms with Crippen LogP contribution in [0.25, 0.3) is 32.2 Å². The van der Waals surface area contributed by atoms with Crippen molar-refractivity contribution < 1.29 is 22.7 Å². The fourth-order valence-electron chi connectivity index (χ4n) is 6.53. The Bertz CT molecular complexity index is 1740. The van der Waals surface area contributed by atoms with Crippen molar-refractivity contribution in [2.75, 3.05) is 50.0 Å². The number of alkyl halides is 1. The number of benzene rings is 2. The average Bonchev–Trinajstić information content (AvgIpc) is 3.57. The molecule has 3 fully saturated rings. The number of anilines is 2. The molecule has 1 amide bonds. The Labute approximate surface area is 247 Å². The topological polar surface area (TPSA) is 110 Å². The SMILES string of the molecule is Nc1nc2c(-c3c(Cl)cc4c(N5CCNC(=O)CC5)nc(OC[C@@]56CCCN5C[C@H](F)C6)nc4c3F)ccc(F)c2s1. The summed E-state index contributed by atoms with van der Waals surface area (Å²) >= 11 is 7.68. The zero-order valence-electron chi connectivity index (χ0n) is 22.4. The largest absolute Gasteiger partial charge is 0.461 e. The Morgan fingerprint density at radius 1 is 1.19 bits per heavy atom. The Hall–Kier alpha value is -3.42. The molecule has 5 heterocycles. The van der Waals surface area contributed by atoms with Gasteiger partial charge in [-0.3, -0.25) is 9.69 Å². The van der Waals surface area contributed by atoms with E-state index in [0.29, 0.717) is 43.8 Å². The van der Waals surface area contributed by atoms with Gasteiger partial charge in [-0.05, 0) is 37.6 Å². The van der Waals surface area contributed by atoms with Gasteiger partial charge in [0.2, 0.25) is 5.91 Å². The number of carbonyl (C=O) groups is 1. The van der Waals surface area contributed by atoms with Crippen molar-refractivity contribution in [3.8, 4) is 17.1 Å². The van der Waals surface area contributed by atoms with Gasteiger partial charge in [-0.1, -0.05) is 22.9 Å². The van der Waals surface area contributed by atoms with E-state index >= 15 is 4.39 Å². The van der Waals surface area contributed by atoms with Gasteiger partial charge in [0.1, 0.15) is 29.9 Å². The van der Waals surface area contributed by atoms with E-state index < -0.39 is 23.3 Å². The monoisotopic (exact) mass is 617 g/mol. The highest BCUT2D eigenvalue weighted by Crippen LogP contribution is 2.44. The quantitative estimate of drug-likeness (QED) is 0.332. The molecule has 0 bridgehead atoms. The Kier molecular flexibility index (Phi) is 6.78. The number of aromatic nitrogens is 3. The number of nitrogens with two attached hydrogens (primary N) is 1. The molecule has 3 saturated heterocycles. The first kappa shape index (κ1) is 27.4. The van der Waals surface area contributed by atoms with Gasteiger partial charge in [0.15, 0.2) is 10.9 Å². The third-order valence-corrected chi connectivity index (χ3v) is 9.66. The van der Waals surface area contributed by atoms with Gasteiger partial charge in [0, 0.05) is 55.5 Å². The molecule has 0 radical (unpaired) electrons. The molecule has 9 nitrogen and oxygen atoms in total. The number of rotatable bonds is 5. The number of thiazole rings is 1. The van der Waals surface area contributed by atoms with Crippen LogP contribution in [0.1, 0.15) is 25.7 Å². The lowest BCUT2D eigenvalue weighted by atomic mass is 9.95. The molecule has 3 aliphatic rings. The maximum Gasteiger partial charge on any atom is 0.319 e. The van der Waals surface area contributed by atoms with Crippen LogP contribution in [0.2, 0.25) is 5.02 Å². The summed E-state index contributed by atoms with van der Waals surface area (Å²) in [7, 11) is 0. The van der Waals surface area contributed by atoms with Crippen LogP contribution in [-0.2, 0) is 4.79 Å². The summed E-state index contributed by atoms with van der Waals surface area (Å²) in [5.41, 5.74) is 5.83. The first-order valence-corrected chi connectivity index (χ1v) is 15.0. The van der Waals surface area contributed by atoms with Crippen LogP contribution in [0, 0.1) is 11.6 Å². The molecular formula is C28H27ClF3N7O2S. The summed E-state index contributed by atoms with van der Waals surface area (Å²) in [5.74, 6) is -0.992. The summed E-state index contributed by atoms with van der Waals surface area (Å²) in [5, 5.41) is 3.37. The molecule has 0 saturated carbocycles. The molecule has 42 heavy (non-hydrogen) atoms. The number of halogens is 4. The van der Waals surface area contributed by atoms with Crippen molar-refractivity contribution in [1.29, 1.82) is 0 Å². The van der Waals surface area contributed by atoms with Crippen molar-refractivity contribution in [3.63, 3.8) is 0 Å². The number of carbonyl (C=O) groups excluding carboxylic acids is 1. The average molecular weight is 618 g/mol. The van der Waals surface area contributed by atoms with E-state index in [1.165, 1.54) is 12.1 Å². The molecule has 2 aromatic heterocycles. The number of nitrogen functional groups attached to an aromatic ring is 1. The molecule has 220 valence electrons. The summed E-state index contributed by atoms with van der Waals surface area (Å²) in [4.78, 5) is 29.4. The number of ether oxygens (including phenoxy) is 1. The standard InChI is InChI=1S/C28H27ClF3N7O2S/c29-17-10-16-22(21(32)20(17)15-2-3-18(31)24-23(15)35-26(33)42-24)36-27(37-25(16)38-8-4-19(40)34-6-9-38)41-13-28-5-1-7-39(28)12-14(30)11-28/h2-3,10,14H,1,4-9,11-13H2,(H2,33,35)(H,34,40)/t14-,28+/m1/s1. The third-order valence-electron chi connectivity index (χ3n) is 8.47. The highest BCUT2D eigenvalue weighted by molar-refractivity contribution is 7.22. The molecule has 3 aliphatic heterocycles. The van der Waals surface area contributed by atoms with E-state index in [4.69, 9.17) is 22.1 Å². The Morgan fingerprint density at radius 3 is 2.90 bits per heavy atom. The van der Waals surface area contributed by atoms with E-state index in [1.807, 2.05) is 4.90 Å². The van der Waals surface area contributed by atoms with E-state index in [2.05, 4.69) is 25.2 Å². The third kappa shape index (κ3) is 4.58. The maximum absolute atomic E-state index is 16.6. The van der Waals surface area contributed by atoms with Crippen LogP contribution in [-0.4, -0.2) is 76.8 Å². The second-order valence-electron chi connectivity index (χ2n) is 11.0. The second-order valence-corrected chi connectivity index (χ2v) is 12.5. The van der Waals surface area contributed by atoms with Crippen molar-refractivity contribution >= 4 is 60.9 Å². The van der Waals surface area contributed by atoms with Crippen LogP contribution in [0.15, 0.2) is 18.2 Å². The summed E-state index contributed by atoms with van der Waals surface area (Å²) in [6.45, 7) is 2.48. The molecule has 4 aromatic rings. The first-order valence-electron chi connectivity index (χ1n) is 13.8. The summed E-state index contributed by atoms with van der Waals surface area (Å²) < 4.78 is 51.8. The van der Waals surface area contributed by atoms with Crippen LogP contribution in [0.4, 0.5) is 24.1 Å². The van der Waals surface area contributed by atoms with E-state index in [0.717, 1.165) is 30.7 Å². The van der Waals surface area contributed by atoms with Gasteiger partial charge in [0.05, 0.1) is 20.8 Å². The number of hydrogen-bond acceptors (Lipinski definition) is 9. The summed E-state index contributed by atoms with van der Waals surface area (Å²) in [6.07, 6.45) is 1.39. The molecule has 0 aliphatic carbocycles. The van der Waals surface area contributed by atoms with Crippen LogP contribution in [0.5, 0.6) is 6.01 Å². The zero-order valence-corrected chi connectivity index (χ0v) is 24.0. The number of amides is 1. The highest BCUT2D eigenvalue weighted by Gasteiger charge is 2.49. The highest BCUT2D eigenvalue weighted by atomic mass is 35.5. The molecule has 14 heteroatoms. The van der Waals surface area contributed by atoms with E-state index in [9.17, 15) is 13.6 Å². The summed E-state index contributed by atoms with van der Waals surface area (Å²) in [6, 6.07) is 4.16. The van der Waals surface area contributed by atoms with E-state index in [1.54, 1.807) is 6.07 Å². The molecule has 7 rings (SSSR count). The predicted molar refractivity (Wildman–Crippen MR) is 156 cm³/mol. The normalized spacial score (nSPS) is 23.0. The smallest absolute Gasteiger partial charge is 0.319 e. The van der Waals surface area contributed by atoms with Crippen molar-refractivity contribution in [1.82, 2.24) is 25.2 Å². The lowest BCUT2D eigenvalue weighted by molar-refractivity contribution is -0.120. The molecule has 0 spiro atoms. The lowest BCUT2D eigenvalue weighted by Crippen LogP contribution is -2.43. The second kappa shape index (κ2) is 10.4. The molecule has 0 unspecified atom stereocenters. The van der Waals surface area contributed by atoms with Crippen molar-refractivity contribution in [2.45, 2.75) is 37.4 Å². The fourth-order valence-corrected chi connectivity index (χ4v) is 7.59. The molecule has 2 atom stereocenters. The Morgan fingerprint density at radius 2 is 2.05 bits per heavy atom. The number of nitrogens with zero attached hydrogens (tertiary/aromatic N) is 5. The Balaban J connectivity index is 1.37. The van der Waals surface area contributed by atoms with Gasteiger partial charge >= 0.3 is 6.01 Å². The minimum atomic E-state index is -0.932. The van der Waals surface area contributed by atoms with Crippen LogP contribution < -0.4 is 20.7 Å². The zero-order chi connectivity index (χ0) is 29.2. The molecule has 3 N–H and O–H groups in total. The minimum Gasteiger partial charge on any atom is -0.461 e. The van der Waals surface area contributed by atoms with E-state index in [-0.39, 0.29) is 62.0 Å². The van der Waals surface area contributed by atoms with Crippen LogP contribution in [0.3, 0.4) is 0 Å². The van der Waals surface area contributed by atoms with Crippen molar-refractivity contribution in [3.05, 3.63) is 34.9 Å². The van der Waals surface area contributed by atoms with Gasteiger partial charge in [0.25, 0.3) is 0 Å². The maximum atomic E-state index is 16.6. The number of fused-ring (bicyclic) bond motifs is 3. The van der Waals surface area contributed by atoms with Gasteiger partial charge in [-0.25, -0.2) is 18.2 Å². The molecule has 2 aromatic carbocycles. The first-order chi connectivity index (χ1) is 20.2. The van der Waals surface area contributed by atoms with Crippen LogP contribution >= 0.6 is 22.9 Å².